The lowest BCUT2D eigenvalue weighted by Crippen LogP contribution is -2.49. The number of Topliss-reactive ketones (excluding diaryl/α,β-unsaturated/α-hetero) is 2. The van der Waals surface area contributed by atoms with E-state index < -0.39 is 0 Å². The van der Waals surface area contributed by atoms with Crippen LogP contribution in [0.1, 0.15) is 103 Å². The highest BCUT2D eigenvalue weighted by Crippen LogP contribution is 2.47. The van der Waals surface area contributed by atoms with Crippen molar-refractivity contribution in [2.75, 3.05) is 47.6 Å². The minimum Gasteiger partial charge on any atom is -0.462 e. The molecule has 3 N–H and O–H groups in total. The summed E-state index contributed by atoms with van der Waals surface area (Å²) in [6, 6.07) is 136. The SMILES string of the molecule is C(=C(c1ccccc1)c1ccccc1)c1ccc(-c2ccc(C=C(c3ccccc3)c3ccccc3)cc2)cc1.C(C=C(c1ccccc1)c1ccccc1)=C(c1ccccc1)c1ccccc1.CCN(CC)c1ccc2cc(C3Nc4ccccc4S3)c(=O)oc2c1.O=C1C2=CC3Nc4ccccc4C(=O)C3C=C2NC2C=CC=CC12.[C-]#[N+]/C(C#N)=C1\C=C(C)OC(/C=C/c2ccc(N(C)C)cc2)=C1. The molecule has 14 aromatic carbocycles. The summed E-state index contributed by atoms with van der Waals surface area (Å²) in [7, 11) is 4.00. The van der Waals surface area contributed by atoms with Crippen molar-refractivity contribution in [3.05, 3.63) is 583 Å². The van der Waals surface area contributed by atoms with E-state index >= 15 is 0 Å². The number of hydrogen-bond donors (Lipinski definition) is 3. The Morgan fingerprint density at radius 1 is 0.450 bits per heavy atom. The van der Waals surface area contributed by atoms with E-state index in [1.165, 1.54) is 89.1 Å². The van der Waals surface area contributed by atoms with Gasteiger partial charge in [0.05, 0.1) is 42.1 Å². The number of thioether (sulfide) groups is 1. The van der Waals surface area contributed by atoms with Crippen molar-refractivity contribution >= 4 is 97.6 Å². The Kier molecular flexibility index (Phi) is 30.9. The first kappa shape index (κ1) is 94.4. The fourth-order valence-electron chi connectivity index (χ4n) is 17.7. The van der Waals surface area contributed by atoms with Crippen molar-refractivity contribution < 1.29 is 18.7 Å². The first-order chi connectivity index (χ1) is 68.7. The Hall–Kier alpha value is -17.4. The van der Waals surface area contributed by atoms with Crippen LogP contribution in [0.5, 0.6) is 0 Å². The number of allylic oxidation sites excluding steroid dienone is 11. The van der Waals surface area contributed by atoms with E-state index in [1.807, 2.05) is 159 Å². The van der Waals surface area contributed by atoms with Gasteiger partial charge in [-0.2, -0.15) is 0 Å². The van der Waals surface area contributed by atoms with Crippen LogP contribution in [0.15, 0.2) is 503 Å². The van der Waals surface area contributed by atoms with E-state index in [1.54, 1.807) is 30.8 Å². The highest BCUT2D eigenvalue weighted by Gasteiger charge is 2.42. The Balaban J connectivity index is 0.000000123. The van der Waals surface area contributed by atoms with E-state index in [9.17, 15) is 14.4 Å². The lowest BCUT2D eigenvalue weighted by molar-refractivity contribution is -0.118. The molecule has 13 heteroatoms. The second kappa shape index (κ2) is 45.8. The molecule has 5 unspecified atom stereocenters. The minimum absolute atomic E-state index is 0.0265. The van der Waals surface area contributed by atoms with Crippen LogP contribution in [-0.4, -0.2) is 50.8 Å². The zero-order chi connectivity index (χ0) is 96.5. The molecule has 0 amide bonds. The summed E-state index contributed by atoms with van der Waals surface area (Å²) >= 11 is 1.65. The molecule has 1 fully saturated rings. The molecule has 12 nitrogen and oxygen atoms in total. The Bertz CT molecular complexity index is 7060. The molecule has 5 atom stereocenters. The zero-order valence-electron chi connectivity index (χ0n) is 78.6. The molecule has 0 radical (unpaired) electrons. The van der Waals surface area contributed by atoms with Gasteiger partial charge < -0.3 is 34.9 Å². The van der Waals surface area contributed by atoms with Gasteiger partial charge in [0.15, 0.2) is 11.6 Å². The van der Waals surface area contributed by atoms with Gasteiger partial charge in [-0.1, -0.05) is 382 Å². The summed E-state index contributed by atoms with van der Waals surface area (Å²) in [5.74, 6) is 1.04. The van der Waals surface area contributed by atoms with Crippen LogP contribution in [-0.2, 0) is 9.53 Å². The molecule has 0 bridgehead atoms. The Morgan fingerprint density at radius 3 is 1.37 bits per heavy atom. The number of benzene rings is 14. The molecule has 6 aliphatic rings. The molecule has 15 aromatic rings. The van der Waals surface area contributed by atoms with E-state index in [0.29, 0.717) is 39.4 Å². The zero-order valence-corrected chi connectivity index (χ0v) is 79.4. The van der Waals surface area contributed by atoms with Gasteiger partial charge in [-0.05, 0) is 218 Å². The molecule has 140 heavy (non-hydrogen) atoms. The molecule has 1 saturated heterocycles. The highest BCUT2D eigenvalue weighted by molar-refractivity contribution is 8.00. The summed E-state index contributed by atoms with van der Waals surface area (Å²) in [5, 5.41) is 20.0. The first-order valence-corrected chi connectivity index (χ1v) is 48.0. The number of nitrogens with zero attached hydrogens (tertiary/aromatic N) is 4. The number of fused-ring (bicyclic) bond motifs is 6. The number of nitriles is 1. The number of ether oxygens (including phenoxy) is 1. The van der Waals surface area contributed by atoms with Crippen LogP contribution in [0.4, 0.5) is 22.7 Å². The molecule has 4 aliphatic heterocycles. The van der Waals surface area contributed by atoms with Gasteiger partial charge in [-0.3, -0.25) is 9.59 Å². The number of hydrogen-bond acceptors (Lipinski definition) is 12. The molecule has 0 spiro atoms. The molecule has 2 aliphatic carbocycles. The number of carbonyl (C=O) groups is 2. The third-order valence-corrected chi connectivity index (χ3v) is 26.2. The number of para-hydroxylation sites is 2. The van der Waals surface area contributed by atoms with Crippen molar-refractivity contribution in [2.24, 2.45) is 11.8 Å². The van der Waals surface area contributed by atoms with E-state index in [2.05, 4.69) is 367 Å². The van der Waals surface area contributed by atoms with E-state index in [0.717, 1.165) is 57.4 Å². The molecule has 684 valence electrons. The number of carbonyl (C=O) groups excluding carboxylic acids is 2. The number of piperidine rings is 1. The van der Waals surface area contributed by atoms with E-state index in [4.69, 9.17) is 21.0 Å². The second-order valence-electron chi connectivity index (χ2n) is 34.3. The van der Waals surface area contributed by atoms with Crippen LogP contribution >= 0.6 is 11.8 Å². The van der Waals surface area contributed by atoms with Crippen LogP contribution in [0, 0.1) is 29.7 Å². The van der Waals surface area contributed by atoms with Crippen molar-refractivity contribution in [1.82, 2.24) is 5.32 Å². The number of ketones is 2. The Labute approximate surface area is 824 Å². The molecule has 1 aromatic heterocycles. The smallest absolute Gasteiger partial charge is 0.342 e. The van der Waals surface area contributed by atoms with Crippen molar-refractivity contribution in [3.8, 4) is 17.2 Å². The molecule has 0 saturated carbocycles. The van der Waals surface area contributed by atoms with Gasteiger partial charge in [0.2, 0.25) is 0 Å². The van der Waals surface area contributed by atoms with Gasteiger partial charge in [0.25, 0.3) is 5.70 Å². The third kappa shape index (κ3) is 23.2. The quantitative estimate of drug-likeness (QED) is 0.0233. The maximum absolute atomic E-state index is 12.8. The maximum Gasteiger partial charge on any atom is 0.342 e. The van der Waals surface area contributed by atoms with Gasteiger partial charge in [0, 0.05) is 83.1 Å². The predicted octanol–water partition coefficient (Wildman–Crippen LogP) is 29.3. The summed E-state index contributed by atoms with van der Waals surface area (Å²) in [4.78, 5) is 46.9. The van der Waals surface area contributed by atoms with Gasteiger partial charge in [-0.15, -0.1) is 0 Å². The lowest BCUT2D eigenvalue weighted by atomic mass is 9.75. The van der Waals surface area contributed by atoms with Crippen LogP contribution in [0.25, 0.3) is 67.5 Å². The standard InChI is InChI=1S/C40H30.C28H22.C20H20N2O2S.C20H16N2O2.C19H17N3O/c1-5-13-35(14-6-1)39(36-15-7-2-8-16-36)29-31-21-25-33(26-22-31)34-27-23-32(24-28-34)30-40(37-17-9-3-10-18-37)38-19-11-4-12-20-38;1-5-13-23(14-6-1)27(24-15-7-2-8-16-24)21-22-28(25-17-9-3-10-18-25)26-19-11-4-12-20-26;1-3-22(4-2)14-10-9-13-11-15(20(23)24-17(13)12-14)19-21-16-7-5-6-8-18(16)25-19;23-19-11-5-1-3-7-15(11)21-17-10-14-18(9-13(17)19)22-16-8-4-2-6-12(16)20(14)24;1-14-11-16(19(13-20)21-2)12-18(23-14)10-7-15-5-8-17(9-6-15)22(3)4/h1-30H;1-22H;5-12,19,21H,3-4H2,1-2H3;1-11,14-15,18,21-22H;5-12H,1,3-4H3/b;;;;10-7+,19-16+. The fraction of sp³-hybridized carbons (Fsp3) is 0.0945. The van der Waals surface area contributed by atoms with Gasteiger partial charge >= 0.3 is 5.63 Å². The minimum atomic E-state index is -0.279. The average Bonchev–Trinajstić information content (AvgIpc) is 0.809. The molecule has 5 heterocycles. The van der Waals surface area contributed by atoms with E-state index in [-0.39, 0.29) is 52.2 Å². The largest absolute Gasteiger partial charge is 0.462 e. The third-order valence-electron chi connectivity index (χ3n) is 24.9. The van der Waals surface area contributed by atoms with Crippen molar-refractivity contribution in [3.63, 3.8) is 0 Å². The summed E-state index contributed by atoms with van der Waals surface area (Å²) in [6.07, 6.45) is 27.8. The summed E-state index contributed by atoms with van der Waals surface area (Å²) in [6.45, 7) is 14.9. The maximum atomic E-state index is 12.8. The molecular formula is C127H105N7O5S. The number of anilines is 4. The Morgan fingerprint density at radius 2 is 0.900 bits per heavy atom. The lowest BCUT2D eigenvalue weighted by Gasteiger charge is -2.39. The topological polar surface area (TPSA) is 144 Å². The van der Waals surface area contributed by atoms with Crippen LogP contribution in [0.2, 0.25) is 0 Å². The van der Waals surface area contributed by atoms with Crippen molar-refractivity contribution in [1.29, 1.82) is 5.26 Å². The fourth-order valence-corrected chi connectivity index (χ4v) is 18.8. The first-order valence-electron chi connectivity index (χ1n) is 47.1. The second-order valence-corrected chi connectivity index (χ2v) is 35.5. The monoisotopic (exact) mass is 1840 g/mol. The molecular weight excluding hydrogens is 1740 g/mol. The van der Waals surface area contributed by atoms with Gasteiger partial charge in [-0.25, -0.2) is 14.9 Å². The number of rotatable bonds is 19. The summed E-state index contributed by atoms with van der Waals surface area (Å²) < 4.78 is 11.3. The average molecular weight is 1840 g/mol. The summed E-state index contributed by atoms with van der Waals surface area (Å²) in [5.41, 5.74) is 28.4. The van der Waals surface area contributed by atoms with Gasteiger partial charge in [0.1, 0.15) is 22.5 Å². The van der Waals surface area contributed by atoms with Crippen molar-refractivity contribution in [2.45, 2.75) is 43.1 Å². The van der Waals surface area contributed by atoms with Crippen LogP contribution < -0.4 is 31.4 Å². The number of nitrogens with one attached hydrogen (secondary N) is 3. The van der Waals surface area contributed by atoms with Crippen LogP contribution in [0.3, 0.4) is 0 Å². The predicted molar refractivity (Wildman–Crippen MR) is 580 cm³/mol. The molecule has 21 rings (SSSR count). The normalized spacial score (nSPS) is 16.0. The highest BCUT2D eigenvalue weighted by atomic mass is 32.2.